The van der Waals surface area contributed by atoms with Crippen LogP contribution in [0.2, 0.25) is 10.0 Å². The molecular weight excluding hydrogens is 1940 g/mol. The molecule has 0 spiro atoms. The lowest BCUT2D eigenvalue weighted by molar-refractivity contribution is 0.0509. The number of nitrogens with one attached hydrogen (secondary N) is 2. The van der Waals surface area contributed by atoms with Crippen molar-refractivity contribution in [3.8, 4) is 0 Å². The molecule has 0 saturated carbocycles. The summed E-state index contributed by atoms with van der Waals surface area (Å²) in [6.07, 6.45) is 0. The fourth-order valence-corrected chi connectivity index (χ4v) is 97.6. The van der Waals surface area contributed by atoms with Gasteiger partial charge in [0.2, 0.25) is 0 Å². The molecule has 0 aliphatic carbocycles. The Morgan fingerprint density at radius 1 is 0.440 bits per heavy atom. The predicted molar refractivity (Wildman–Crippen MR) is 506 cm³/mol. The van der Waals surface area contributed by atoms with Gasteiger partial charge in [-0.2, -0.15) is 0 Å². The molecule has 2 N–H and O–H groups in total. The third kappa shape index (κ3) is 44.6. The molecule has 0 bridgehead atoms. The molecular formula is C44H54Cl2N2O4S39. The van der Waals surface area contributed by atoms with Crippen molar-refractivity contribution in [3.05, 3.63) is 124 Å². The second-order valence-electron chi connectivity index (χ2n) is 16.4. The van der Waals surface area contributed by atoms with E-state index in [9.17, 15) is 9.59 Å². The van der Waals surface area contributed by atoms with E-state index in [1.165, 1.54) is 28.9 Å². The summed E-state index contributed by atoms with van der Waals surface area (Å²) >= 11 is 27.4. The van der Waals surface area contributed by atoms with Crippen molar-refractivity contribution < 1.29 is 19.1 Å². The van der Waals surface area contributed by atoms with Crippen LogP contribution in [-0.4, -0.2) is 35.1 Å². The molecule has 0 atom stereocenters. The van der Waals surface area contributed by atoms with Crippen molar-refractivity contribution in [2.75, 3.05) is 13.2 Å². The van der Waals surface area contributed by atoms with Crippen molar-refractivity contribution in [3.63, 3.8) is 0 Å². The topological polar surface area (TPSA) is 84.2 Å². The van der Waals surface area contributed by atoms with Crippen LogP contribution in [0.15, 0.2) is 106 Å². The molecule has 91 heavy (non-hydrogen) atoms. The number of benzene rings is 4. The summed E-state index contributed by atoms with van der Waals surface area (Å²) < 4.78 is 10.1. The summed E-state index contributed by atoms with van der Waals surface area (Å²) in [5, 5.41) is 3.12. The Balaban J connectivity index is 0.000000658. The number of carbonyl (C=O) groups excluding carboxylic acids is 2. The molecule has 0 amide bonds. The highest BCUT2D eigenvalue weighted by atomic mass is 35.5. The summed E-state index contributed by atoms with van der Waals surface area (Å²) in [4.78, 5) is 32.9. The molecule has 0 unspecified atom stereocenters. The number of rotatable bonds is 6. The molecule has 6 nitrogen and oxygen atoms in total. The second-order valence-corrected chi connectivity index (χ2v) is 80.8. The van der Waals surface area contributed by atoms with Gasteiger partial charge in [-0.15, -0.1) is 12.6 Å². The van der Waals surface area contributed by atoms with Crippen molar-refractivity contribution >= 4 is 415 Å². The quantitative estimate of drug-likeness (QED) is 0.113. The molecule has 47 heteroatoms. The van der Waals surface area contributed by atoms with Crippen LogP contribution < -0.4 is 0 Å². The van der Waals surface area contributed by atoms with Crippen LogP contribution in [0.25, 0.3) is 21.8 Å². The third-order valence-electron chi connectivity index (χ3n) is 8.89. The second kappa shape index (κ2) is 58.7. The van der Waals surface area contributed by atoms with E-state index >= 15 is 0 Å². The Hall–Kier alpha value is 4.32. The third-order valence-corrected chi connectivity index (χ3v) is 86.3. The van der Waals surface area contributed by atoms with Crippen LogP contribution in [0.3, 0.4) is 0 Å². The van der Waals surface area contributed by atoms with Gasteiger partial charge in [0.1, 0.15) is 11.4 Å². The normalized spacial score (nSPS) is 9.62. The standard InChI is InChI=1S/C21H22ClNO2S.C11H10ClNO2.C10H14S.2CH4.S37/c1-5-25-20(24)18-19(16-12-14(22)8-11-17(16)23-18)26-15-9-6-13(7-10-15)21(2,3)4;1-2-15-11(14)10-6-7-5-8(12)3-4-9(7)13-10;1-10(2,3)8-4-6-9(11)7-5-8;;;1-3-5-7-9-11-13-15-17-19-21-23-25-27-29-31-33-35-37-36-34-32-30-28-26-24-22-20-18-16-14-12-10-8-6-4-2/h6-12,23H,5H2,1-4H3;3-6,13H,2H2,1H3;4-7,11H,1-3H3;2*1H4;. The van der Waals surface area contributed by atoms with Gasteiger partial charge in [-0.25, -0.2) is 9.59 Å². The Morgan fingerprint density at radius 2 is 0.769 bits per heavy atom. The van der Waals surface area contributed by atoms with E-state index in [1.807, 2.05) is 223 Å². The van der Waals surface area contributed by atoms with E-state index < -0.39 is 0 Å². The van der Waals surface area contributed by atoms with Crippen molar-refractivity contribution in [1.82, 2.24) is 9.97 Å². The number of esters is 2. The van der Waals surface area contributed by atoms with Crippen LogP contribution in [-0.2, 0) is 353 Å². The number of halogens is 2. The number of carbonyl (C=O) groups is 2. The zero-order valence-electron chi connectivity index (χ0n) is 45.9. The van der Waals surface area contributed by atoms with Crippen LogP contribution in [0, 0.1) is 0 Å². The van der Waals surface area contributed by atoms with Gasteiger partial charge in [0.15, 0.2) is 0 Å². The van der Waals surface area contributed by atoms with E-state index in [1.54, 1.807) is 150 Å². The van der Waals surface area contributed by atoms with Gasteiger partial charge in [0.05, 0.1) is 18.1 Å². The summed E-state index contributed by atoms with van der Waals surface area (Å²) in [6, 6.07) is 29.5. The van der Waals surface area contributed by atoms with Gasteiger partial charge < -0.3 is 19.4 Å². The summed E-state index contributed by atoms with van der Waals surface area (Å²) in [6.45, 7) is 17.5. The van der Waals surface area contributed by atoms with Crippen LogP contribution in [0.1, 0.15) is 102 Å². The number of ether oxygens (including phenoxy) is 2. The maximum Gasteiger partial charge on any atom is 0.355 e. The maximum atomic E-state index is 12.4. The molecule has 0 aliphatic rings. The molecule has 0 saturated heterocycles. The molecule has 6 rings (SSSR count). The number of hydrogen-bond acceptors (Lipinski definition) is 8. The van der Waals surface area contributed by atoms with Gasteiger partial charge in [-0.3, -0.25) is 0 Å². The first kappa shape index (κ1) is 93.3. The highest BCUT2D eigenvalue weighted by molar-refractivity contribution is 8.80. The van der Waals surface area contributed by atoms with Crippen molar-refractivity contribution in [2.24, 2.45) is 0 Å². The Kier molecular flexibility index (Phi) is 60.2. The highest BCUT2D eigenvalue weighted by Crippen LogP contribution is 2.39. The maximum absolute atomic E-state index is 12.4. The van der Waals surface area contributed by atoms with E-state index in [0.717, 1.165) is 36.5 Å². The zero-order valence-corrected chi connectivity index (χ0v) is 79.4. The van der Waals surface area contributed by atoms with E-state index in [0.29, 0.717) is 34.6 Å². The monoisotopic (exact) mass is 1990 g/mol. The summed E-state index contributed by atoms with van der Waals surface area (Å²) in [5.74, 6) is -0.696. The molecule has 0 aliphatic heterocycles. The number of aromatic nitrogens is 2. The zero-order chi connectivity index (χ0) is 65.0. The van der Waals surface area contributed by atoms with Gasteiger partial charge in [0, 0.05) is 375 Å². The smallest absolute Gasteiger partial charge is 0.355 e. The lowest BCUT2D eigenvalue weighted by Crippen LogP contribution is -2.10. The fraction of sp³-hybridized carbons (Fsp3) is 0.318. The minimum absolute atomic E-state index is 0. The van der Waals surface area contributed by atoms with Crippen LogP contribution in [0.4, 0.5) is 0 Å². The summed E-state index contributed by atoms with van der Waals surface area (Å²) in [7, 11) is 61.9. The molecule has 2 aromatic heterocycles. The molecule has 512 valence electrons. The largest absolute Gasteiger partial charge is 0.461 e. The number of fused-ring (bicyclic) bond motifs is 2. The Bertz CT molecular complexity index is 5030. The Labute approximate surface area is 663 Å². The first-order chi connectivity index (χ1) is 42.9. The highest BCUT2D eigenvalue weighted by Gasteiger charge is 2.21. The summed E-state index contributed by atoms with van der Waals surface area (Å²) in [5.41, 5.74) is 5.65. The number of hydrogen-bond donors (Lipinski definition) is 3. The first-order valence-corrected chi connectivity index (χ1v) is 73.0. The van der Waals surface area contributed by atoms with Crippen LogP contribution in [0.5, 0.6) is 0 Å². The lowest BCUT2D eigenvalue weighted by atomic mass is 9.87. The average Bonchev–Trinajstić information content (AvgIpc) is 1.71. The lowest BCUT2D eigenvalue weighted by Gasteiger charge is -2.19. The molecule has 4 aromatic carbocycles. The minimum Gasteiger partial charge on any atom is -0.461 e. The SMILES string of the molecule is C.C.CC(C)(C)c1ccc(S)cc1.CCOC(=O)c1[nH]c2ccc(Cl)cc2c1Sc1ccc(C(C)(C)C)cc1.CCOC(=O)c1cc2cc(Cl)ccc2[nH]1.S=S=S=S=S=S=S=S=S=S=S=S=S=S=S=S=S=S=S=S=S=S=S=S=S=S=S=S=S=S=S=S=S=S=S=S=S. The van der Waals surface area contributed by atoms with Crippen molar-refractivity contribution in [2.45, 2.75) is 95.8 Å². The van der Waals surface area contributed by atoms with E-state index in [-0.39, 0.29) is 37.6 Å². The molecule has 2 heterocycles. The van der Waals surface area contributed by atoms with E-state index in [2.05, 4.69) is 101 Å². The predicted octanol–water partition coefficient (Wildman–Crippen LogP) is 13.9. The molecule has 0 radical (unpaired) electrons. The van der Waals surface area contributed by atoms with E-state index in [4.69, 9.17) is 55.1 Å². The number of thiol groups is 1. The molecule has 6 aromatic rings. The average molecular weight is 2000 g/mol. The van der Waals surface area contributed by atoms with Crippen LogP contribution >= 0.6 is 47.6 Å². The minimum atomic E-state index is -0.353. The fourth-order valence-electron chi connectivity index (χ4n) is 5.49. The van der Waals surface area contributed by atoms with Crippen molar-refractivity contribution in [1.29, 1.82) is 0 Å². The Morgan fingerprint density at radius 3 is 1.12 bits per heavy atom. The number of H-pyrrole nitrogens is 2. The van der Waals surface area contributed by atoms with Gasteiger partial charge in [-0.1, -0.05) is 116 Å². The number of aromatic amines is 2. The van der Waals surface area contributed by atoms with Gasteiger partial charge >= 0.3 is 11.9 Å². The molecule has 0 fully saturated rings. The van der Waals surface area contributed by atoms with Gasteiger partial charge in [0.25, 0.3) is 0 Å². The first-order valence-electron chi connectivity index (χ1n) is 23.0. The van der Waals surface area contributed by atoms with Gasteiger partial charge in [-0.05, 0) is 103 Å².